The Morgan fingerprint density at radius 1 is 1.04 bits per heavy atom. The van der Waals surface area contributed by atoms with Crippen LogP contribution in [0.25, 0.3) is 0 Å². The fourth-order valence-electron chi connectivity index (χ4n) is 2.24. The van der Waals surface area contributed by atoms with Gasteiger partial charge >= 0.3 is 11.9 Å². The van der Waals surface area contributed by atoms with Crippen LogP contribution in [-0.4, -0.2) is 51.4 Å². The predicted molar refractivity (Wildman–Crippen MR) is 74.4 cm³/mol. The van der Waals surface area contributed by atoms with E-state index in [-0.39, 0.29) is 19.5 Å². The molecule has 0 atom stereocenters. The highest BCUT2D eigenvalue weighted by Gasteiger charge is 2.35. The molecule has 0 spiro atoms. The van der Waals surface area contributed by atoms with E-state index in [0.717, 1.165) is 9.13 Å². The van der Waals surface area contributed by atoms with E-state index < -0.39 is 34.0 Å². The Bertz CT molecular complexity index is 655. The van der Waals surface area contributed by atoms with Crippen molar-refractivity contribution >= 4 is 11.9 Å². The van der Waals surface area contributed by atoms with Gasteiger partial charge in [-0.15, -0.1) is 0 Å². The Kier molecular flexibility index (Phi) is 4.66. The van der Waals surface area contributed by atoms with Gasteiger partial charge in [0, 0.05) is 13.0 Å². The molecule has 2 heterocycles. The molecule has 2 aromatic rings. The first-order valence-corrected chi connectivity index (χ1v) is 6.50. The van der Waals surface area contributed by atoms with Crippen molar-refractivity contribution in [1.82, 2.24) is 19.1 Å². The van der Waals surface area contributed by atoms with Gasteiger partial charge in [0.2, 0.25) is 0 Å². The maximum Gasteiger partial charge on any atom is 0.434 e. The fraction of sp³-hybridized carbons (Fsp3) is 0.455. The number of nitro groups is 2. The third kappa shape index (κ3) is 3.67. The summed E-state index contributed by atoms with van der Waals surface area (Å²) in [6.45, 7) is -0.931. The molecule has 2 N–H and O–H groups in total. The van der Waals surface area contributed by atoms with Crippen LogP contribution in [0.15, 0.2) is 24.8 Å². The molecule has 0 fully saturated rings. The van der Waals surface area contributed by atoms with Crippen LogP contribution in [-0.2, 0) is 13.1 Å². The zero-order valence-electron chi connectivity index (χ0n) is 11.8. The van der Waals surface area contributed by atoms with Gasteiger partial charge in [-0.2, -0.15) is 0 Å². The molecule has 0 aliphatic rings. The number of aliphatic hydroxyl groups excluding tert-OH is 1. The third-order valence-corrected chi connectivity index (χ3v) is 3.22. The molecule has 2 rings (SSSR count). The number of imidazole rings is 2. The minimum atomic E-state index is -1.66. The SMILES string of the molecule is O=[N+]([O-])c1nccn1CC(O)(CCO)Cn1ccnc1[N+](=O)[O-]. The Morgan fingerprint density at radius 3 is 1.83 bits per heavy atom. The highest BCUT2D eigenvalue weighted by Crippen LogP contribution is 2.22. The minimum Gasteiger partial charge on any atom is -0.396 e. The summed E-state index contributed by atoms with van der Waals surface area (Å²) in [5.41, 5.74) is -1.66. The van der Waals surface area contributed by atoms with E-state index in [9.17, 15) is 25.3 Å². The van der Waals surface area contributed by atoms with Crippen LogP contribution in [0.3, 0.4) is 0 Å². The topological polar surface area (TPSA) is 162 Å². The molecule has 23 heavy (non-hydrogen) atoms. The van der Waals surface area contributed by atoms with Crippen LogP contribution in [0.5, 0.6) is 0 Å². The van der Waals surface area contributed by atoms with Crippen molar-refractivity contribution in [1.29, 1.82) is 0 Å². The molecule has 0 aliphatic heterocycles. The first-order chi connectivity index (χ1) is 10.9. The van der Waals surface area contributed by atoms with Gasteiger partial charge in [0.05, 0.1) is 0 Å². The lowest BCUT2D eigenvalue weighted by atomic mass is 10.00. The maximum absolute atomic E-state index is 10.9. The number of aromatic nitrogens is 4. The standard InChI is InChI=1S/C11H14N6O6/c18-6-1-11(19,7-14-4-2-12-9(14)16(20)21)8-15-5-3-13-10(15)17(22)23/h2-5,18-19H,1,6-8H2. The largest absolute Gasteiger partial charge is 0.434 e. The molecular formula is C11H14N6O6. The minimum absolute atomic E-state index is 0.141. The van der Waals surface area contributed by atoms with Gasteiger partial charge in [-0.05, 0) is 9.85 Å². The molecule has 0 radical (unpaired) electrons. The molecule has 0 unspecified atom stereocenters. The van der Waals surface area contributed by atoms with Crippen molar-refractivity contribution in [2.24, 2.45) is 0 Å². The summed E-state index contributed by atoms with van der Waals surface area (Å²) in [6, 6.07) is 0. The molecule has 12 nitrogen and oxygen atoms in total. The second kappa shape index (κ2) is 6.50. The quantitative estimate of drug-likeness (QED) is 0.493. The zero-order chi connectivity index (χ0) is 17.0. The molecule has 0 saturated heterocycles. The molecule has 0 saturated carbocycles. The van der Waals surface area contributed by atoms with E-state index in [0.29, 0.717) is 0 Å². The summed E-state index contributed by atoms with van der Waals surface area (Å²) in [5, 5.41) is 41.6. The number of aliphatic hydroxyl groups is 2. The molecule has 12 heteroatoms. The van der Waals surface area contributed by atoms with Crippen LogP contribution < -0.4 is 0 Å². The van der Waals surface area contributed by atoms with Crippen LogP contribution >= 0.6 is 0 Å². The van der Waals surface area contributed by atoms with Gasteiger partial charge in [0.25, 0.3) is 0 Å². The monoisotopic (exact) mass is 326 g/mol. The molecule has 0 amide bonds. The molecule has 124 valence electrons. The van der Waals surface area contributed by atoms with Gasteiger partial charge < -0.3 is 30.4 Å². The van der Waals surface area contributed by atoms with Gasteiger partial charge in [-0.3, -0.25) is 0 Å². The number of rotatable bonds is 8. The van der Waals surface area contributed by atoms with Gasteiger partial charge in [-0.1, -0.05) is 9.97 Å². The Balaban J connectivity index is 2.28. The van der Waals surface area contributed by atoms with Crippen LogP contribution in [0.1, 0.15) is 6.42 Å². The van der Waals surface area contributed by atoms with E-state index in [1.165, 1.54) is 24.8 Å². The van der Waals surface area contributed by atoms with E-state index >= 15 is 0 Å². The average molecular weight is 326 g/mol. The highest BCUT2D eigenvalue weighted by molar-refractivity contribution is 5.10. The summed E-state index contributed by atoms with van der Waals surface area (Å²) >= 11 is 0. The predicted octanol–water partition coefficient (Wildman–Crippen LogP) is -0.290. The van der Waals surface area contributed by atoms with Crippen molar-refractivity contribution in [3.63, 3.8) is 0 Å². The normalized spacial score (nSPS) is 11.6. The second-order valence-corrected chi connectivity index (χ2v) is 4.92. The number of hydrogen-bond donors (Lipinski definition) is 2. The van der Waals surface area contributed by atoms with Crippen molar-refractivity contribution in [3.05, 3.63) is 45.0 Å². The van der Waals surface area contributed by atoms with Crippen LogP contribution in [0.4, 0.5) is 11.9 Å². The molecule has 0 bridgehead atoms. The Hall–Kier alpha value is -2.86. The first kappa shape index (κ1) is 16.5. The highest BCUT2D eigenvalue weighted by atomic mass is 16.6. The molecular weight excluding hydrogens is 312 g/mol. The van der Waals surface area contributed by atoms with Gasteiger partial charge in [0.1, 0.15) is 43.5 Å². The van der Waals surface area contributed by atoms with Crippen molar-refractivity contribution in [2.75, 3.05) is 6.61 Å². The summed E-state index contributed by atoms with van der Waals surface area (Å²) in [5.74, 6) is -0.942. The van der Waals surface area contributed by atoms with Crippen LogP contribution in [0.2, 0.25) is 0 Å². The van der Waals surface area contributed by atoms with Gasteiger partial charge in [-0.25, -0.2) is 9.13 Å². The Morgan fingerprint density at radius 2 is 1.48 bits per heavy atom. The van der Waals surface area contributed by atoms with Crippen molar-refractivity contribution in [3.8, 4) is 0 Å². The summed E-state index contributed by atoms with van der Waals surface area (Å²) in [4.78, 5) is 27.5. The van der Waals surface area contributed by atoms with Crippen molar-refractivity contribution < 1.29 is 20.1 Å². The zero-order valence-corrected chi connectivity index (χ0v) is 11.8. The second-order valence-electron chi connectivity index (χ2n) is 4.92. The average Bonchev–Trinajstić information content (AvgIpc) is 3.07. The molecule has 2 aromatic heterocycles. The summed E-state index contributed by atoms with van der Waals surface area (Å²) < 4.78 is 2.22. The third-order valence-electron chi connectivity index (χ3n) is 3.22. The molecule has 0 aliphatic carbocycles. The fourth-order valence-corrected chi connectivity index (χ4v) is 2.24. The van der Waals surface area contributed by atoms with Gasteiger partial charge in [0.15, 0.2) is 0 Å². The first-order valence-electron chi connectivity index (χ1n) is 6.50. The number of nitrogens with zero attached hydrogens (tertiary/aromatic N) is 6. The van der Waals surface area contributed by atoms with E-state index in [1.54, 1.807) is 0 Å². The summed E-state index contributed by atoms with van der Waals surface area (Å²) in [6.07, 6.45) is 4.89. The smallest absolute Gasteiger partial charge is 0.396 e. The lowest BCUT2D eigenvalue weighted by molar-refractivity contribution is -0.398. The lowest BCUT2D eigenvalue weighted by Crippen LogP contribution is -2.40. The Labute approximate surface area is 128 Å². The van der Waals surface area contributed by atoms with Crippen LogP contribution in [0, 0.1) is 20.2 Å². The summed E-state index contributed by atoms with van der Waals surface area (Å²) in [7, 11) is 0. The molecule has 0 aromatic carbocycles. The van der Waals surface area contributed by atoms with E-state index in [4.69, 9.17) is 5.11 Å². The van der Waals surface area contributed by atoms with E-state index in [1.807, 2.05) is 0 Å². The van der Waals surface area contributed by atoms with Crippen molar-refractivity contribution in [2.45, 2.75) is 25.1 Å². The van der Waals surface area contributed by atoms with E-state index in [2.05, 4.69) is 9.97 Å². The maximum atomic E-state index is 10.9. The lowest BCUT2D eigenvalue weighted by Gasteiger charge is -2.25. The number of hydrogen-bond acceptors (Lipinski definition) is 8.